The van der Waals surface area contributed by atoms with Gasteiger partial charge in [-0.25, -0.2) is 0 Å². The molecule has 11 rings (SSSR count). The second-order valence-corrected chi connectivity index (χ2v) is 13.3. The average Bonchev–Trinajstić information content (AvgIpc) is 3.83. The molecule has 51 heavy (non-hydrogen) atoms. The first-order chi connectivity index (χ1) is 25.3. The molecule has 4 aromatic heterocycles. The highest BCUT2D eigenvalue weighted by atomic mass is 15.0. The molecule has 0 fully saturated rings. The highest BCUT2D eigenvalue weighted by Gasteiger charge is 2.20. The molecule has 4 heteroatoms. The summed E-state index contributed by atoms with van der Waals surface area (Å²) in [5, 5.41) is 6.06. The van der Waals surface area contributed by atoms with E-state index in [9.17, 15) is 0 Å². The summed E-state index contributed by atoms with van der Waals surface area (Å²) in [5.41, 5.74) is 13.8. The number of nitrogens with zero attached hydrogens (tertiary/aromatic N) is 4. The molecule has 0 N–H and O–H groups in total. The topological polar surface area (TPSA) is 27.7 Å². The van der Waals surface area contributed by atoms with Crippen molar-refractivity contribution in [2.24, 2.45) is 0 Å². The van der Waals surface area contributed by atoms with Gasteiger partial charge in [0.2, 0.25) is 0 Å². The van der Waals surface area contributed by atoms with Crippen molar-refractivity contribution in [3.63, 3.8) is 0 Å². The molecule has 0 radical (unpaired) electrons. The first kappa shape index (κ1) is 28.0. The van der Waals surface area contributed by atoms with Crippen LogP contribution in [0, 0.1) is 0 Å². The Morgan fingerprint density at radius 2 is 0.824 bits per heavy atom. The molecule has 238 valence electrons. The number of rotatable bonds is 4. The van der Waals surface area contributed by atoms with Crippen molar-refractivity contribution in [3.8, 4) is 28.2 Å². The van der Waals surface area contributed by atoms with Gasteiger partial charge in [0.25, 0.3) is 0 Å². The molecule has 11 aromatic rings. The minimum Gasteiger partial charge on any atom is -0.309 e. The molecule has 0 unspecified atom stereocenters. The van der Waals surface area contributed by atoms with E-state index < -0.39 is 0 Å². The summed E-state index contributed by atoms with van der Waals surface area (Å²) in [4.78, 5) is 4.90. The van der Waals surface area contributed by atoms with Crippen molar-refractivity contribution in [2.75, 3.05) is 0 Å². The molecule has 0 saturated carbocycles. The van der Waals surface area contributed by atoms with Gasteiger partial charge in [-0.1, -0.05) is 97.1 Å². The molecule has 0 spiro atoms. The van der Waals surface area contributed by atoms with Gasteiger partial charge < -0.3 is 13.7 Å². The SMILES string of the molecule is c1ccc(-c2cccc(-n3c4ccccc4c4cc5c(cc43)c3ccccc3n5-c3ccc4c(c3)c3ncccc3n4-c3ccccc3)c2)cc1. The standard InChI is InChI=1S/C47H30N4/c1-3-13-31(14-4-1)32-15-11-18-34(27-32)50-41-21-9-7-19-36(41)38-30-46-39(29-45(38)50)37-20-8-10-22-42(37)51(46)35-24-25-43-40(28-35)47-44(23-12-26-48-47)49(43)33-16-5-2-6-17-33/h1-30H. The summed E-state index contributed by atoms with van der Waals surface area (Å²) < 4.78 is 7.18. The predicted molar refractivity (Wildman–Crippen MR) is 213 cm³/mol. The van der Waals surface area contributed by atoms with Crippen molar-refractivity contribution in [2.45, 2.75) is 0 Å². The lowest BCUT2D eigenvalue weighted by molar-refractivity contribution is 1.16. The highest BCUT2D eigenvalue weighted by Crippen LogP contribution is 2.41. The van der Waals surface area contributed by atoms with Gasteiger partial charge in [0.1, 0.15) is 0 Å². The van der Waals surface area contributed by atoms with E-state index in [1.807, 2.05) is 12.3 Å². The Balaban J connectivity index is 1.19. The quantitative estimate of drug-likeness (QED) is 0.186. The van der Waals surface area contributed by atoms with Crippen LogP contribution in [0.4, 0.5) is 0 Å². The van der Waals surface area contributed by atoms with Crippen LogP contribution in [-0.4, -0.2) is 18.7 Å². The lowest BCUT2D eigenvalue weighted by Gasteiger charge is -2.11. The third kappa shape index (κ3) is 4.11. The van der Waals surface area contributed by atoms with E-state index in [0.29, 0.717) is 0 Å². The normalized spacial score (nSPS) is 11.9. The van der Waals surface area contributed by atoms with E-state index >= 15 is 0 Å². The van der Waals surface area contributed by atoms with Gasteiger partial charge in [-0.3, -0.25) is 4.98 Å². The summed E-state index contributed by atoms with van der Waals surface area (Å²) in [6, 6.07) is 63.5. The van der Waals surface area contributed by atoms with Crippen LogP contribution in [0.25, 0.3) is 93.7 Å². The Morgan fingerprint density at radius 3 is 1.53 bits per heavy atom. The molecule has 0 saturated heterocycles. The van der Waals surface area contributed by atoms with Gasteiger partial charge in [-0.2, -0.15) is 0 Å². The van der Waals surface area contributed by atoms with E-state index in [0.717, 1.165) is 39.0 Å². The lowest BCUT2D eigenvalue weighted by Crippen LogP contribution is -1.96. The van der Waals surface area contributed by atoms with Gasteiger partial charge >= 0.3 is 0 Å². The Kier molecular flexibility index (Phi) is 5.92. The maximum atomic E-state index is 4.90. The van der Waals surface area contributed by atoms with Crippen molar-refractivity contribution in [1.29, 1.82) is 0 Å². The third-order valence-electron chi connectivity index (χ3n) is 10.5. The fourth-order valence-electron chi connectivity index (χ4n) is 8.26. The van der Waals surface area contributed by atoms with Crippen molar-refractivity contribution >= 4 is 65.5 Å². The van der Waals surface area contributed by atoms with Crippen molar-refractivity contribution < 1.29 is 0 Å². The molecule has 0 amide bonds. The molecule has 4 heterocycles. The summed E-state index contributed by atoms with van der Waals surface area (Å²) >= 11 is 0. The maximum absolute atomic E-state index is 4.90. The number of aromatic nitrogens is 4. The Hall–Kier alpha value is -6.91. The zero-order chi connectivity index (χ0) is 33.5. The van der Waals surface area contributed by atoms with Crippen LogP contribution in [0.1, 0.15) is 0 Å². The third-order valence-corrected chi connectivity index (χ3v) is 10.5. The minimum atomic E-state index is 1.00. The molecule has 0 aliphatic heterocycles. The molecule has 0 atom stereocenters. The number of hydrogen-bond acceptors (Lipinski definition) is 1. The lowest BCUT2D eigenvalue weighted by atomic mass is 10.1. The van der Waals surface area contributed by atoms with Crippen molar-refractivity contribution in [1.82, 2.24) is 18.7 Å². The van der Waals surface area contributed by atoms with Gasteiger partial charge in [-0.15, -0.1) is 0 Å². The second-order valence-electron chi connectivity index (χ2n) is 13.3. The first-order valence-corrected chi connectivity index (χ1v) is 17.4. The molecule has 0 bridgehead atoms. The van der Waals surface area contributed by atoms with Crippen LogP contribution in [0.3, 0.4) is 0 Å². The number of benzene rings is 7. The van der Waals surface area contributed by atoms with E-state index in [-0.39, 0.29) is 0 Å². The molecule has 0 aliphatic rings. The van der Waals surface area contributed by atoms with Crippen LogP contribution >= 0.6 is 0 Å². The molecule has 0 aliphatic carbocycles. The minimum absolute atomic E-state index is 1.00. The van der Waals surface area contributed by atoms with Crippen LogP contribution in [-0.2, 0) is 0 Å². The Bertz CT molecular complexity index is 3130. The number of pyridine rings is 1. The smallest absolute Gasteiger partial charge is 0.0964 e. The molecular weight excluding hydrogens is 621 g/mol. The molecule has 4 nitrogen and oxygen atoms in total. The zero-order valence-corrected chi connectivity index (χ0v) is 27.6. The molecule has 7 aromatic carbocycles. The fraction of sp³-hybridized carbons (Fsp3) is 0. The van der Waals surface area contributed by atoms with Gasteiger partial charge in [-0.05, 0) is 90.0 Å². The summed E-state index contributed by atoms with van der Waals surface area (Å²) in [6.07, 6.45) is 1.90. The van der Waals surface area contributed by atoms with Gasteiger partial charge in [0, 0.05) is 50.2 Å². The second kappa shape index (κ2) is 10.8. The van der Waals surface area contributed by atoms with Gasteiger partial charge in [0.15, 0.2) is 0 Å². The van der Waals surface area contributed by atoms with E-state index in [2.05, 4.69) is 184 Å². The van der Waals surface area contributed by atoms with E-state index in [1.54, 1.807) is 0 Å². The Labute approximate surface area is 293 Å². The maximum Gasteiger partial charge on any atom is 0.0964 e. The summed E-state index contributed by atoms with van der Waals surface area (Å²) in [5.74, 6) is 0. The molecular formula is C47H30N4. The summed E-state index contributed by atoms with van der Waals surface area (Å²) in [7, 11) is 0. The number of fused-ring (bicyclic) bond motifs is 9. The van der Waals surface area contributed by atoms with E-state index in [4.69, 9.17) is 4.98 Å². The Morgan fingerprint density at radius 1 is 0.294 bits per heavy atom. The van der Waals surface area contributed by atoms with Crippen molar-refractivity contribution in [3.05, 3.63) is 182 Å². The van der Waals surface area contributed by atoms with Crippen LogP contribution in [0.5, 0.6) is 0 Å². The highest BCUT2D eigenvalue weighted by molar-refractivity contribution is 6.19. The number of hydrogen-bond donors (Lipinski definition) is 0. The largest absolute Gasteiger partial charge is 0.309 e. The van der Waals surface area contributed by atoms with Gasteiger partial charge in [0.05, 0.1) is 38.6 Å². The predicted octanol–water partition coefficient (Wildman–Crippen LogP) is 12.0. The zero-order valence-electron chi connectivity index (χ0n) is 27.6. The van der Waals surface area contributed by atoms with Crippen LogP contribution in [0.2, 0.25) is 0 Å². The average molecular weight is 651 g/mol. The van der Waals surface area contributed by atoms with Crippen LogP contribution in [0.15, 0.2) is 182 Å². The number of para-hydroxylation sites is 3. The van der Waals surface area contributed by atoms with E-state index in [1.165, 1.54) is 54.7 Å². The van der Waals surface area contributed by atoms with Crippen LogP contribution < -0.4 is 0 Å². The summed E-state index contributed by atoms with van der Waals surface area (Å²) in [6.45, 7) is 0. The monoisotopic (exact) mass is 650 g/mol. The first-order valence-electron chi connectivity index (χ1n) is 17.4. The fourth-order valence-corrected chi connectivity index (χ4v) is 8.26.